The van der Waals surface area contributed by atoms with Gasteiger partial charge in [0.05, 0.1) is 18.5 Å². The number of rotatable bonds is 3. The van der Waals surface area contributed by atoms with Crippen LogP contribution in [0.2, 0.25) is 0 Å². The number of pyridine rings is 1. The lowest BCUT2D eigenvalue weighted by Gasteiger charge is -2.16. The van der Waals surface area contributed by atoms with Gasteiger partial charge in [-0.3, -0.25) is 4.79 Å². The molecule has 0 atom stereocenters. The van der Waals surface area contributed by atoms with Crippen LogP contribution in [0.25, 0.3) is 0 Å². The predicted octanol–water partition coefficient (Wildman–Crippen LogP) is 3.44. The van der Waals surface area contributed by atoms with Gasteiger partial charge in [0.25, 0.3) is 5.91 Å². The van der Waals surface area contributed by atoms with Crippen LogP contribution in [0.5, 0.6) is 17.4 Å². The third-order valence-corrected chi connectivity index (χ3v) is 5.75. The van der Waals surface area contributed by atoms with Crippen LogP contribution in [0.4, 0.5) is 10.5 Å². The second-order valence-electron chi connectivity index (χ2n) is 8.31. The van der Waals surface area contributed by atoms with E-state index < -0.39 is 11.6 Å². The Morgan fingerprint density at radius 3 is 2.57 bits per heavy atom. The second kappa shape index (κ2) is 5.47. The molecular weight excluding hydrogens is 358 g/mol. The Balaban J connectivity index is 1.43. The maximum atomic E-state index is 12.4. The first kappa shape index (κ1) is 17.0. The van der Waals surface area contributed by atoms with Crippen LogP contribution in [0.1, 0.15) is 37.8 Å². The number of hydrogen-bond acceptors (Lipinski definition) is 5. The number of urea groups is 1. The van der Waals surface area contributed by atoms with E-state index >= 15 is 0 Å². The van der Waals surface area contributed by atoms with Crippen LogP contribution in [0.15, 0.2) is 30.5 Å². The maximum Gasteiger partial charge on any atom is 0.329 e. The fraction of sp³-hybridized carbons (Fsp3) is 0.381. The molecule has 7 heteroatoms. The van der Waals surface area contributed by atoms with Crippen LogP contribution in [-0.4, -0.2) is 29.1 Å². The number of amides is 3. The summed E-state index contributed by atoms with van der Waals surface area (Å²) in [7, 11) is 0. The summed E-state index contributed by atoms with van der Waals surface area (Å²) >= 11 is 0. The number of fused-ring (bicyclic) bond motifs is 2. The van der Waals surface area contributed by atoms with Gasteiger partial charge in [-0.25, -0.2) is 14.7 Å². The highest BCUT2D eigenvalue weighted by molar-refractivity contribution is 6.22. The van der Waals surface area contributed by atoms with E-state index in [0.717, 1.165) is 40.4 Å². The minimum atomic E-state index is -0.923. The number of hydrogen-bond donors (Lipinski definition) is 1. The average molecular weight is 379 g/mol. The number of anilines is 1. The van der Waals surface area contributed by atoms with Crippen molar-refractivity contribution in [1.82, 2.24) is 10.3 Å². The SMILES string of the molecule is Cc1ccc(Oc2ccc(N3C(=O)NC(C)(C)C3=O)cn2)c2c1OCC21CC1. The van der Waals surface area contributed by atoms with Gasteiger partial charge in [0.1, 0.15) is 17.0 Å². The Morgan fingerprint density at radius 1 is 1.18 bits per heavy atom. The minimum Gasteiger partial charge on any atom is -0.492 e. The molecule has 5 rings (SSSR count). The number of nitrogens with zero attached hydrogens (tertiary/aromatic N) is 2. The molecule has 1 aliphatic carbocycles. The van der Waals surface area contributed by atoms with Gasteiger partial charge in [-0.1, -0.05) is 6.07 Å². The van der Waals surface area contributed by atoms with Crippen molar-refractivity contribution >= 4 is 17.6 Å². The molecule has 144 valence electrons. The van der Waals surface area contributed by atoms with Gasteiger partial charge in [0.2, 0.25) is 5.88 Å². The van der Waals surface area contributed by atoms with E-state index in [2.05, 4.69) is 10.3 Å². The number of carbonyl (C=O) groups is 2. The number of benzene rings is 1. The molecule has 2 aromatic rings. The van der Waals surface area contributed by atoms with Crippen molar-refractivity contribution in [2.45, 2.75) is 44.6 Å². The first-order chi connectivity index (χ1) is 13.3. The Morgan fingerprint density at radius 2 is 1.96 bits per heavy atom. The van der Waals surface area contributed by atoms with Crippen molar-refractivity contribution in [3.63, 3.8) is 0 Å². The first-order valence-electron chi connectivity index (χ1n) is 9.38. The lowest BCUT2D eigenvalue weighted by molar-refractivity contribution is -0.121. The Labute approximate surface area is 162 Å². The van der Waals surface area contributed by atoms with Gasteiger partial charge in [-0.2, -0.15) is 0 Å². The van der Waals surface area contributed by atoms with Gasteiger partial charge >= 0.3 is 6.03 Å². The monoisotopic (exact) mass is 379 g/mol. The third kappa shape index (κ3) is 2.38. The van der Waals surface area contributed by atoms with Gasteiger partial charge in [0.15, 0.2) is 0 Å². The second-order valence-corrected chi connectivity index (χ2v) is 8.31. The van der Waals surface area contributed by atoms with Crippen molar-refractivity contribution in [2.75, 3.05) is 11.5 Å². The highest BCUT2D eigenvalue weighted by Crippen LogP contribution is 2.59. The van der Waals surface area contributed by atoms with E-state index in [1.54, 1.807) is 26.0 Å². The van der Waals surface area contributed by atoms with Crippen LogP contribution in [0, 0.1) is 6.92 Å². The topological polar surface area (TPSA) is 80.8 Å². The number of carbonyl (C=O) groups excluding carboxylic acids is 2. The Kier molecular flexibility index (Phi) is 3.33. The summed E-state index contributed by atoms with van der Waals surface area (Å²) in [6, 6.07) is 6.83. The summed E-state index contributed by atoms with van der Waals surface area (Å²) in [4.78, 5) is 30.0. The van der Waals surface area contributed by atoms with Crippen LogP contribution >= 0.6 is 0 Å². The maximum absolute atomic E-state index is 12.4. The zero-order valence-corrected chi connectivity index (χ0v) is 16.0. The van der Waals surface area contributed by atoms with Crippen molar-refractivity contribution < 1.29 is 19.1 Å². The molecule has 1 aromatic carbocycles. The van der Waals surface area contributed by atoms with E-state index in [1.807, 2.05) is 19.1 Å². The first-order valence-corrected chi connectivity index (χ1v) is 9.38. The summed E-state index contributed by atoms with van der Waals surface area (Å²) in [5.41, 5.74) is 1.82. The van der Waals surface area contributed by atoms with Crippen LogP contribution < -0.4 is 19.7 Å². The lowest BCUT2D eigenvalue weighted by atomic mass is 9.95. The molecule has 1 saturated heterocycles. The van der Waals surface area contributed by atoms with Gasteiger partial charge in [-0.15, -0.1) is 0 Å². The highest BCUT2D eigenvalue weighted by Gasteiger charge is 2.53. The van der Waals surface area contributed by atoms with Crippen LogP contribution in [0.3, 0.4) is 0 Å². The van der Waals surface area contributed by atoms with Gasteiger partial charge in [-0.05, 0) is 51.3 Å². The number of imide groups is 1. The Hall–Kier alpha value is -3.09. The summed E-state index contributed by atoms with van der Waals surface area (Å²) < 4.78 is 12.0. The zero-order chi connectivity index (χ0) is 19.7. The van der Waals surface area contributed by atoms with Crippen LogP contribution in [-0.2, 0) is 10.2 Å². The van der Waals surface area contributed by atoms with Crippen molar-refractivity contribution in [3.05, 3.63) is 41.6 Å². The van der Waals surface area contributed by atoms with E-state index in [0.29, 0.717) is 18.2 Å². The standard InChI is InChI=1S/C21H21N3O4/c1-12-4-6-14(16-17(12)27-11-21(16)8-9-21)28-15-7-5-13(10-22-15)24-18(25)20(2,3)23-19(24)26/h4-7,10H,8-9,11H2,1-3H3,(H,23,26). The molecule has 3 aliphatic rings. The van der Waals surface area contributed by atoms with Gasteiger partial charge in [0, 0.05) is 17.0 Å². The molecule has 3 heterocycles. The molecule has 1 aromatic heterocycles. The number of aromatic nitrogens is 1. The summed E-state index contributed by atoms with van der Waals surface area (Å²) in [6.07, 6.45) is 3.69. The number of aryl methyl sites for hydroxylation is 1. The number of ether oxygens (including phenoxy) is 2. The third-order valence-electron chi connectivity index (χ3n) is 5.75. The molecule has 2 fully saturated rings. The average Bonchev–Trinajstić information content (AvgIpc) is 3.26. The van der Waals surface area contributed by atoms with Crippen molar-refractivity contribution in [3.8, 4) is 17.4 Å². The predicted molar refractivity (Wildman–Crippen MR) is 102 cm³/mol. The largest absolute Gasteiger partial charge is 0.492 e. The molecule has 2 aliphatic heterocycles. The molecule has 0 unspecified atom stereocenters. The molecule has 0 radical (unpaired) electrons. The quantitative estimate of drug-likeness (QED) is 0.827. The molecular formula is C21H21N3O4. The Bertz CT molecular complexity index is 1010. The van der Waals surface area contributed by atoms with E-state index in [1.165, 1.54) is 6.20 Å². The lowest BCUT2D eigenvalue weighted by Crippen LogP contribution is -2.40. The smallest absolute Gasteiger partial charge is 0.329 e. The minimum absolute atomic E-state index is 0.0856. The number of nitrogens with one attached hydrogen (secondary N) is 1. The molecule has 3 amide bonds. The van der Waals surface area contributed by atoms with Crippen molar-refractivity contribution in [1.29, 1.82) is 0 Å². The normalized spacial score (nSPS) is 20.8. The fourth-order valence-corrected chi connectivity index (χ4v) is 3.93. The molecule has 7 nitrogen and oxygen atoms in total. The van der Waals surface area contributed by atoms with E-state index in [-0.39, 0.29) is 11.3 Å². The van der Waals surface area contributed by atoms with E-state index in [9.17, 15) is 9.59 Å². The fourth-order valence-electron chi connectivity index (χ4n) is 3.93. The molecule has 0 bridgehead atoms. The van der Waals surface area contributed by atoms with Crippen molar-refractivity contribution in [2.24, 2.45) is 0 Å². The van der Waals surface area contributed by atoms with E-state index in [4.69, 9.17) is 9.47 Å². The molecule has 1 saturated carbocycles. The molecule has 1 spiro atoms. The summed E-state index contributed by atoms with van der Waals surface area (Å²) in [6.45, 7) is 6.09. The molecule has 28 heavy (non-hydrogen) atoms. The molecule has 1 N–H and O–H groups in total. The summed E-state index contributed by atoms with van der Waals surface area (Å²) in [5.74, 6) is 1.78. The zero-order valence-electron chi connectivity index (χ0n) is 16.0. The highest BCUT2D eigenvalue weighted by atomic mass is 16.5. The van der Waals surface area contributed by atoms with Gasteiger partial charge < -0.3 is 14.8 Å². The summed E-state index contributed by atoms with van der Waals surface area (Å²) in [5, 5.41) is 2.66.